The molecule has 3 nitrogen and oxygen atoms in total. The van der Waals surface area contributed by atoms with Gasteiger partial charge in [-0.25, -0.2) is 0 Å². The van der Waals surface area contributed by atoms with Crippen molar-refractivity contribution in [3.8, 4) is 0 Å². The van der Waals surface area contributed by atoms with Crippen molar-refractivity contribution in [2.45, 2.75) is 25.9 Å². The Morgan fingerprint density at radius 3 is 3.06 bits per heavy atom. The predicted octanol–water partition coefficient (Wildman–Crippen LogP) is 2.44. The van der Waals surface area contributed by atoms with E-state index in [0.29, 0.717) is 12.6 Å². The zero-order valence-corrected chi connectivity index (χ0v) is 9.98. The molecule has 0 saturated carbocycles. The van der Waals surface area contributed by atoms with Gasteiger partial charge in [0.05, 0.1) is 17.9 Å². The van der Waals surface area contributed by atoms with Gasteiger partial charge in [0.2, 0.25) is 0 Å². The SMILES string of the molecule is C[C@H]1CCN1C1=CN(Cl)Cc2ncccc21. The van der Waals surface area contributed by atoms with Crippen LogP contribution in [0.25, 0.3) is 5.70 Å². The Kier molecular flexibility index (Phi) is 2.28. The average Bonchev–Trinajstić information content (AvgIpc) is 2.27. The van der Waals surface area contributed by atoms with Gasteiger partial charge in [-0.15, -0.1) is 0 Å². The summed E-state index contributed by atoms with van der Waals surface area (Å²) in [5.74, 6) is 0. The number of rotatable bonds is 1. The Morgan fingerprint density at radius 2 is 2.38 bits per heavy atom. The van der Waals surface area contributed by atoms with E-state index < -0.39 is 0 Å². The van der Waals surface area contributed by atoms with Crippen LogP contribution in [0.3, 0.4) is 0 Å². The third kappa shape index (κ3) is 1.47. The zero-order chi connectivity index (χ0) is 11.1. The van der Waals surface area contributed by atoms with Gasteiger partial charge in [-0.3, -0.25) is 9.40 Å². The van der Waals surface area contributed by atoms with Crippen LogP contribution in [0.2, 0.25) is 0 Å². The summed E-state index contributed by atoms with van der Waals surface area (Å²) in [6.45, 7) is 4.04. The van der Waals surface area contributed by atoms with Crippen LogP contribution in [-0.2, 0) is 6.54 Å². The first-order valence-corrected chi connectivity index (χ1v) is 5.94. The molecule has 3 rings (SSSR count). The molecule has 84 valence electrons. The van der Waals surface area contributed by atoms with E-state index in [4.69, 9.17) is 11.8 Å². The summed E-state index contributed by atoms with van der Waals surface area (Å²) >= 11 is 6.10. The van der Waals surface area contributed by atoms with Gasteiger partial charge in [0, 0.05) is 42.3 Å². The molecular formula is C12H14ClN3. The van der Waals surface area contributed by atoms with E-state index >= 15 is 0 Å². The number of fused-ring (bicyclic) bond motifs is 1. The fourth-order valence-electron chi connectivity index (χ4n) is 2.29. The number of aromatic nitrogens is 1. The molecular weight excluding hydrogens is 222 g/mol. The van der Waals surface area contributed by atoms with Crippen LogP contribution in [0.15, 0.2) is 24.5 Å². The van der Waals surface area contributed by atoms with Crippen molar-refractivity contribution >= 4 is 17.5 Å². The largest absolute Gasteiger partial charge is 0.367 e. The molecule has 0 aliphatic carbocycles. The molecule has 2 aliphatic rings. The molecule has 0 spiro atoms. The number of nitrogens with zero attached hydrogens (tertiary/aromatic N) is 3. The Hall–Kier alpha value is -1.22. The third-order valence-corrected chi connectivity index (χ3v) is 3.58. The van der Waals surface area contributed by atoms with Crippen molar-refractivity contribution < 1.29 is 0 Å². The molecule has 0 unspecified atom stereocenters. The fraction of sp³-hybridized carbons (Fsp3) is 0.417. The van der Waals surface area contributed by atoms with E-state index in [-0.39, 0.29) is 0 Å². The van der Waals surface area contributed by atoms with Crippen molar-refractivity contribution in [2.24, 2.45) is 0 Å². The summed E-state index contributed by atoms with van der Waals surface area (Å²) < 4.78 is 1.69. The second-order valence-electron chi connectivity index (χ2n) is 4.40. The minimum atomic E-state index is 0.613. The van der Waals surface area contributed by atoms with E-state index in [1.807, 2.05) is 18.5 Å². The fourth-order valence-corrected chi connectivity index (χ4v) is 2.50. The number of hydrogen-bond donors (Lipinski definition) is 0. The van der Waals surface area contributed by atoms with Crippen LogP contribution >= 0.6 is 11.8 Å². The number of hydrogen-bond acceptors (Lipinski definition) is 3. The van der Waals surface area contributed by atoms with Gasteiger partial charge >= 0.3 is 0 Å². The molecule has 0 radical (unpaired) electrons. The number of pyridine rings is 1. The predicted molar refractivity (Wildman–Crippen MR) is 64.4 cm³/mol. The first kappa shape index (κ1) is 9.97. The maximum absolute atomic E-state index is 6.10. The highest BCUT2D eigenvalue weighted by Gasteiger charge is 2.30. The first-order valence-electron chi connectivity index (χ1n) is 5.61. The smallest absolute Gasteiger partial charge is 0.0772 e. The maximum Gasteiger partial charge on any atom is 0.0772 e. The van der Waals surface area contributed by atoms with E-state index in [2.05, 4.69) is 22.9 Å². The van der Waals surface area contributed by atoms with E-state index in [1.54, 1.807) is 4.42 Å². The number of likely N-dealkylation sites (tertiary alicyclic amines) is 1. The Morgan fingerprint density at radius 1 is 1.50 bits per heavy atom. The van der Waals surface area contributed by atoms with E-state index in [0.717, 1.165) is 12.2 Å². The molecule has 0 bridgehead atoms. The van der Waals surface area contributed by atoms with Gasteiger partial charge in [0.1, 0.15) is 0 Å². The van der Waals surface area contributed by atoms with Crippen LogP contribution in [0.4, 0.5) is 0 Å². The molecule has 16 heavy (non-hydrogen) atoms. The average molecular weight is 236 g/mol. The zero-order valence-electron chi connectivity index (χ0n) is 9.23. The molecule has 0 N–H and O–H groups in total. The van der Waals surface area contributed by atoms with Crippen LogP contribution in [0.5, 0.6) is 0 Å². The highest BCUT2D eigenvalue weighted by atomic mass is 35.5. The summed E-state index contributed by atoms with van der Waals surface area (Å²) in [7, 11) is 0. The molecule has 1 aromatic rings. The highest BCUT2D eigenvalue weighted by molar-refractivity contribution is 6.14. The first-order chi connectivity index (χ1) is 7.75. The summed E-state index contributed by atoms with van der Waals surface area (Å²) in [4.78, 5) is 6.78. The van der Waals surface area contributed by atoms with Gasteiger partial charge in [0.15, 0.2) is 0 Å². The Labute approximate surface area is 100 Å². The van der Waals surface area contributed by atoms with E-state index in [1.165, 1.54) is 17.7 Å². The summed E-state index contributed by atoms with van der Waals surface area (Å²) in [6, 6.07) is 4.73. The summed E-state index contributed by atoms with van der Waals surface area (Å²) in [6.07, 6.45) is 5.10. The lowest BCUT2D eigenvalue weighted by molar-refractivity contribution is 0.185. The molecule has 1 aromatic heterocycles. The van der Waals surface area contributed by atoms with Crippen LogP contribution in [0.1, 0.15) is 24.6 Å². The minimum Gasteiger partial charge on any atom is -0.367 e. The van der Waals surface area contributed by atoms with Crippen molar-refractivity contribution in [2.75, 3.05) is 6.54 Å². The Balaban J connectivity index is 2.02. The quantitative estimate of drug-likeness (QED) is 0.697. The second-order valence-corrected chi connectivity index (χ2v) is 4.84. The van der Waals surface area contributed by atoms with Crippen LogP contribution in [0, 0.1) is 0 Å². The van der Waals surface area contributed by atoms with Crippen LogP contribution < -0.4 is 0 Å². The van der Waals surface area contributed by atoms with Crippen molar-refractivity contribution in [3.05, 3.63) is 35.8 Å². The monoisotopic (exact) mass is 235 g/mol. The molecule has 1 saturated heterocycles. The molecule has 2 aliphatic heterocycles. The summed E-state index contributed by atoms with van der Waals surface area (Å²) in [5.41, 5.74) is 3.50. The maximum atomic E-state index is 6.10. The molecule has 1 atom stereocenters. The number of halogens is 1. The highest BCUT2D eigenvalue weighted by Crippen LogP contribution is 2.34. The normalized spacial score (nSPS) is 23.6. The molecule has 0 aromatic carbocycles. The van der Waals surface area contributed by atoms with Gasteiger partial charge < -0.3 is 4.90 Å². The molecule has 3 heterocycles. The second kappa shape index (κ2) is 3.67. The molecule has 4 heteroatoms. The molecule has 0 amide bonds. The van der Waals surface area contributed by atoms with Crippen molar-refractivity contribution in [3.63, 3.8) is 0 Å². The molecule has 1 fully saturated rings. The lowest BCUT2D eigenvalue weighted by atomic mass is 9.99. The van der Waals surface area contributed by atoms with Crippen LogP contribution in [-0.4, -0.2) is 26.9 Å². The minimum absolute atomic E-state index is 0.613. The standard InChI is InChI=1S/C12H14ClN3/c1-9-4-6-16(9)12-8-15(13)7-11-10(12)3-2-5-14-11/h2-3,5,8-9H,4,6-7H2,1H3/t9-/m0/s1. The summed E-state index contributed by atoms with van der Waals surface area (Å²) in [5, 5.41) is 0. The topological polar surface area (TPSA) is 19.4 Å². The van der Waals surface area contributed by atoms with Gasteiger partial charge in [-0.1, -0.05) is 0 Å². The van der Waals surface area contributed by atoms with Gasteiger partial charge in [-0.05, 0) is 25.5 Å². The van der Waals surface area contributed by atoms with Crippen molar-refractivity contribution in [1.82, 2.24) is 14.3 Å². The Bertz CT molecular complexity index is 444. The van der Waals surface area contributed by atoms with Gasteiger partial charge in [-0.2, -0.15) is 0 Å². The van der Waals surface area contributed by atoms with Crippen molar-refractivity contribution in [1.29, 1.82) is 0 Å². The third-order valence-electron chi connectivity index (χ3n) is 3.36. The van der Waals surface area contributed by atoms with E-state index in [9.17, 15) is 0 Å². The lowest BCUT2D eigenvalue weighted by Crippen LogP contribution is -2.45. The van der Waals surface area contributed by atoms with Gasteiger partial charge in [0.25, 0.3) is 0 Å². The lowest BCUT2D eigenvalue weighted by Gasteiger charge is -2.44.